The van der Waals surface area contributed by atoms with Gasteiger partial charge in [-0.3, -0.25) is 10.6 Å². The van der Waals surface area contributed by atoms with Gasteiger partial charge in [0.2, 0.25) is 5.96 Å². The first-order valence-electron chi connectivity index (χ1n) is 15.2. The van der Waals surface area contributed by atoms with Crippen molar-refractivity contribution < 1.29 is 57.1 Å². The van der Waals surface area contributed by atoms with E-state index in [1.807, 2.05) is 30.3 Å². The second kappa shape index (κ2) is 17.2. The molecule has 0 aromatic heterocycles. The second-order valence-electron chi connectivity index (χ2n) is 12.6. The first kappa shape index (κ1) is 37.5. The molecular formula is C31H46N4O12. The minimum absolute atomic E-state index is 0.0317. The van der Waals surface area contributed by atoms with E-state index < -0.39 is 65.9 Å². The van der Waals surface area contributed by atoms with Crippen molar-refractivity contribution in [1.82, 2.24) is 16.0 Å². The highest BCUT2D eigenvalue weighted by molar-refractivity contribution is 6.01. The van der Waals surface area contributed by atoms with Crippen LogP contribution in [0, 0.1) is 0 Å². The van der Waals surface area contributed by atoms with Gasteiger partial charge in [-0.2, -0.15) is 0 Å². The Kier molecular flexibility index (Phi) is 13.7. The minimum atomic E-state index is -1.12. The van der Waals surface area contributed by atoms with Crippen LogP contribution in [0.3, 0.4) is 0 Å². The fourth-order valence-electron chi connectivity index (χ4n) is 4.43. The summed E-state index contributed by atoms with van der Waals surface area (Å²) < 4.78 is 44.1. The zero-order valence-electron chi connectivity index (χ0n) is 27.9. The summed E-state index contributed by atoms with van der Waals surface area (Å²) in [6, 6.07) is 7.99. The molecule has 0 aliphatic carbocycles. The van der Waals surface area contributed by atoms with Crippen molar-refractivity contribution in [2.75, 3.05) is 40.1 Å². The Morgan fingerprint density at radius 2 is 1.40 bits per heavy atom. The van der Waals surface area contributed by atoms with E-state index in [4.69, 9.17) is 37.9 Å². The number of hydrogen-bond acceptors (Lipinski definition) is 13. The number of alkyl carbamates (subject to hydrolysis) is 3. The van der Waals surface area contributed by atoms with Crippen molar-refractivity contribution in [3.8, 4) is 0 Å². The van der Waals surface area contributed by atoms with Crippen LogP contribution in [0.4, 0.5) is 14.4 Å². The number of carbonyl (C=O) groups excluding carboxylic acids is 4. The SMILES string of the molecule is COC(=O)[C@H](CO[C@@H]1CO[C@H]2[C@@H]1OC[C@@H]2OCCN=C(NC(=O)OC(C)(C)C)NC(=O)OC(C)(C)C)NC(=O)OCc1ccccc1. The number of esters is 1. The number of methoxy groups -OCH3 is 1. The molecule has 2 saturated heterocycles. The summed E-state index contributed by atoms with van der Waals surface area (Å²) in [5.41, 5.74) is -0.742. The largest absolute Gasteiger partial charge is 0.467 e. The summed E-state index contributed by atoms with van der Waals surface area (Å²) >= 11 is 0. The fraction of sp³-hybridized carbons (Fsp3) is 0.645. The third-order valence-electron chi connectivity index (χ3n) is 6.36. The normalized spacial score (nSPS) is 21.1. The number of amides is 3. The number of aliphatic imine (C=N–C) groups is 1. The van der Waals surface area contributed by atoms with Crippen LogP contribution in [0.25, 0.3) is 0 Å². The van der Waals surface area contributed by atoms with E-state index in [0.717, 1.165) is 5.56 Å². The van der Waals surface area contributed by atoms with Crippen molar-refractivity contribution >= 4 is 30.2 Å². The molecule has 3 rings (SSSR count). The number of nitrogens with zero attached hydrogens (tertiary/aromatic N) is 1. The van der Waals surface area contributed by atoms with E-state index in [9.17, 15) is 19.2 Å². The second-order valence-corrected chi connectivity index (χ2v) is 12.6. The number of carbonyl (C=O) groups is 4. The van der Waals surface area contributed by atoms with E-state index in [-0.39, 0.29) is 45.5 Å². The average Bonchev–Trinajstić information content (AvgIpc) is 3.57. The Hall–Kier alpha value is -3.99. The monoisotopic (exact) mass is 666 g/mol. The zero-order chi connectivity index (χ0) is 34.6. The number of fused-ring (bicyclic) bond motifs is 1. The van der Waals surface area contributed by atoms with Crippen molar-refractivity contribution in [1.29, 1.82) is 0 Å². The Morgan fingerprint density at radius 3 is 1.94 bits per heavy atom. The van der Waals surface area contributed by atoms with Gasteiger partial charge in [-0.05, 0) is 47.1 Å². The topological polar surface area (TPSA) is 191 Å². The molecule has 1 aromatic rings. The fourth-order valence-corrected chi connectivity index (χ4v) is 4.43. The molecule has 5 atom stereocenters. The number of benzene rings is 1. The lowest BCUT2D eigenvalue weighted by atomic mass is 10.1. The molecular weight excluding hydrogens is 620 g/mol. The van der Waals surface area contributed by atoms with Gasteiger partial charge in [-0.15, -0.1) is 0 Å². The Balaban J connectivity index is 1.48. The summed E-state index contributed by atoms with van der Waals surface area (Å²) in [4.78, 5) is 53.4. The molecule has 1 aromatic carbocycles. The summed E-state index contributed by atoms with van der Waals surface area (Å²) in [7, 11) is 1.21. The molecule has 2 heterocycles. The highest BCUT2D eigenvalue weighted by atomic mass is 16.6. The molecule has 0 saturated carbocycles. The van der Waals surface area contributed by atoms with Gasteiger partial charge in [0, 0.05) is 0 Å². The van der Waals surface area contributed by atoms with Crippen LogP contribution in [-0.4, -0.2) is 112 Å². The number of hydrogen-bond donors (Lipinski definition) is 3. The highest BCUT2D eigenvalue weighted by Gasteiger charge is 2.49. The molecule has 2 aliphatic rings. The van der Waals surface area contributed by atoms with Crippen LogP contribution in [0.1, 0.15) is 47.1 Å². The van der Waals surface area contributed by atoms with E-state index >= 15 is 0 Å². The van der Waals surface area contributed by atoms with Gasteiger partial charge in [0.15, 0.2) is 6.04 Å². The third kappa shape index (κ3) is 13.3. The predicted molar refractivity (Wildman–Crippen MR) is 166 cm³/mol. The molecule has 16 heteroatoms. The molecule has 2 fully saturated rings. The Labute approximate surface area is 274 Å². The van der Waals surface area contributed by atoms with Gasteiger partial charge in [0.25, 0.3) is 0 Å². The van der Waals surface area contributed by atoms with E-state index in [1.54, 1.807) is 41.5 Å². The van der Waals surface area contributed by atoms with Crippen molar-refractivity contribution in [3.05, 3.63) is 35.9 Å². The maximum Gasteiger partial charge on any atom is 0.414 e. The van der Waals surface area contributed by atoms with Crippen LogP contribution in [0.5, 0.6) is 0 Å². The summed E-state index contributed by atoms with van der Waals surface area (Å²) in [5.74, 6) is -0.867. The van der Waals surface area contributed by atoms with E-state index in [2.05, 4.69) is 20.9 Å². The predicted octanol–water partition coefficient (Wildman–Crippen LogP) is 2.43. The van der Waals surface area contributed by atoms with Crippen LogP contribution in [-0.2, 0) is 49.3 Å². The van der Waals surface area contributed by atoms with Gasteiger partial charge in [-0.1, -0.05) is 30.3 Å². The lowest BCUT2D eigenvalue weighted by Crippen LogP contribution is -2.47. The van der Waals surface area contributed by atoms with Gasteiger partial charge >= 0.3 is 24.2 Å². The molecule has 3 amide bonds. The lowest BCUT2D eigenvalue weighted by Gasteiger charge is -2.22. The molecule has 16 nitrogen and oxygen atoms in total. The Morgan fingerprint density at radius 1 is 0.851 bits per heavy atom. The summed E-state index contributed by atoms with van der Waals surface area (Å²) in [6.45, 7) is 10.6. The highest BCUT2D eigenvalue weighted by Crippen LogP contribution is 2.30. The average molecular weight is 667 g/mol. The number of nitrogens with one attached hydrogen (secondary N) is 3. The smallest absolute Gasteiger partial charge is 0.414 e. The van der Waals surface area contributed by atoms with E-state index in [1.165, 1.54) is 7.11 Å². The van der Waals surface area contributed by atoms with Gasteiger partial charge in [0.1, 0.15) is 42.2 Å². The number of guanidine groups is 1. The third-order valence-corrected chi connectivity index (χ3v) is 6.36. The van der Waals surface area contributed by atoms with Gasteiger partial charge in [-0.25, -0.2) is 24.2 Å². The molecule has 0 radical (unpaired) electrons. The lowest BCUT2D eigenvalue weighted by molar-refractivity contribution is -0.146. The molecule has 0 spiro atoms. The summed E-state index contributed by atoms with van der Waals surface area (Å²) in [5, 5.41) is 7.29. The first-order valence-corrected chi connectivity index (χ1v) is 15.2. The molecule has 0 bridgehead atoms. The quantitative estimate of drug-likeness (QED) is 0.103. The first-order chi connectivity index (χ1) is 22.1. The molecule has 2 aliphatic heterocycles. The van der Waals surface area contributed by atoms with Crippen LogP contribution in [0.15, 0.2) is 35.3 Å². The Bertz CT molecular complexity index is 1200. The standard InChI is InChI=1S/C31H46N4O12/c1-30(2,3)46-28(38)34-26(35-29(39)47-31(4,5)6)32-13-14-41-21-17-43-24-22(18-44-23(21)24)42-16-20(25(36)40-7)33-27(37)45-15-19-11-9-8-10-12-19/h8-12,20-24H,13-18H2,1-7H3,(H,33,37)(H2,32,34,35,38,39)/t20-,21-,22+,23+,24+/m0/s1. The zero-order valence-corrected chi connectivity index (χ0v) is 27.9. The van der Waals surface area contributed by atoms with Gasteiger partial charge < -0.3 is 43.2 Å². The van der Waals surface area contributed by atoms with Crippen LogP contribution in [0.2, 0.25) is 0 Å². The van der Waals surface area contributed by atoms with Crippen LogP contribution >= 0.6 is 0 Å². The maximum atomic E-state index is 12.3. The molecule has 262 valence electrons. The summed E-state index contributed by atoms with van der Waals surface area (Å²) in [6.07, 6.45) is -4.34. The van der Waals surface area contributed by atoms with Crippen molar-refractivity contribution in [3.63, 3.8) is 0 Å². The van der Waals surface area contributed by atoms with Crippen LogP contribution < -0.4 is 16.0 Å². The molecule has 3 N–H and O–H groups in total. The van der Waals surface area contributed by atoms with Crippen molar-refractivity contribution in [2.45, 2.75) is 89.8 Å². The minimum Gasteiger partial charge on any atom is -0.467 e. The maximum absolute atomic E-state index is 12.3. The number of ether oxygens (including phenoxy) is 8. The van der Waals surface area contributed by atoms with Crippen molar-refractivity contribution in [2.24, 2.45) is 4.99 Å². The molecule has 47 heavy (non-hydrogen) atoms. The number of rotatable bonds is 11. The van der Waals surface area contributed by atoms with Gasteiger partial charge in [0.05, 0.1) is 40.1 Å². The van der Waals surface area contributed by atoms with E-state index in [0.29, 0.717) is 0 Å². The molecule has 0 unspecified atom stereocenters.